The summed E-state index contributed by atoms with van der Waals surface area (Å²) < 4.78 is 4.46. The Hall–Kier alpha value is -1.10. The Balaban J connectivity index is 2.19. The molecule has 0 radical (unpaired) electrons. The number of hydrogen-bond acceptors (Lipinski definition) is 4. The van der Waals surface area contributed by atoms with E-state index in [9.17, 15) is 9.59 Å². The van der Waals surface area contributed by atoms with E-state index >= 15 is 0 Å². The van der Waals surface area contributed by atoms with Gasteiger partial charge in [-0.3, -0.25) is 0 Å². The van der Waals surface area contributed by atoms with Crippen LogP contribution in [0.3, 0.4) is 0 Å². The van der Waals surface area contributed by atoms with Crippen molar-refractivity contribution in [1.82, 2.24) is 10.2 Å². The molecule has 5 heteroatoms. The van der Waals surface area contributed by atoms with Gasteiger partial charge in [-0.25, -0.2) is 4.79 Å². The standard InChI is InChI=1S/C12H22N2O3/c1-14-8-4-7-11(14)6-3-5-10(9-15)13-12(16)17-2/h9-11H,3-8H2,1-2H3,(H,13,16)/t10?,11-/m0/s1. The van der Waals surface area contributed by atoms with Crippen LogP contribution < -0.4 is 5.32 Å². The number of amides is 1. The highest BCUT2D eigenvalue weighted by Gasteiger charge is 2.20. The molecule has 1 heterocycles. The van der Waals surface area contributed by atoms with Crippen LogP contribution in [0.4, 0.5) is 4.79 Å². The van der Waals surface area contributed by atoms with Gasteiger partial charge in [0.1, 0.15) is 6.29 Å². The lowest BCUT2D eigenvalue weighted by molar-refractivity contribution is -0.109. The summed E-state index contributed by atoms with van der Waals surface area (Å²) in [5.74, 6) is 0. The number of nitrogens with one attached hydrogen (secondary N) is 1. The van der Waals surface area contributed by atoms with Crippen molar-refractivity contribution in [1.29, 1.82) is 0 Å². The van der Waals surface area contributed by atoms with E-state index in [2.05, 4.69) is 22.0 Å². The zero-order valence-electron chi connectivity index (χ0n) is 10.6. The number of likely N-dealkylation sites (tertiary alicyclic amines) is 1. The number of hydrogen-bond donors (Lipinski definition) is 1. The highest BCUT2D eigenvalue weighted by molar-refractivity contribution is 5.72. The Morgan fingerprint density at radius 1 is 1.65 bits per heavy atom. The molecule has 1 rings (SSSR count). The zero-order valence-corrected chi connectivity index (χ0v) is 10.6. The lowest BCUT2D eigenvalue weighted by atomic mass is 10.0. The molecule has 2 atom stereocenters. The minimum atomic E-state index is -0.542. The van der Waals surface area contributed by atoms with Gasteiger partial charge in [0, 0.05) is 6.04 Å². The van der Waals surface area contributed by atoms with Crippen LogP contribution in [0.2, 0.25) is 0 Å². The Kier molecular flexibility index (Phi) is 5.97. The highest BCUT2D eigenvalue weighted by Crippen LogP contribution is 2.20. The van der Waals surface area contributed by atoms with Crippen molar-refractivity contribution in [3.8, 4) is 0 Å². The van der Waals surface area contributed by atoms with Crippen molar-refractivity contribution < 1.29 is 14.3 Å². The molecule has 0 aromatic heterocycles. The van der Waals surface area contributed by atoms with Crippen molar-refractivity contribution in [2.24, 2.45) is 0 Å². The summed E-state index contributed by atoms with van der Waals surface area (Å²) in [7, 11) is 3.44. The van der Waals surface area contributed by atoms with Crippen LogP contribution >= 0.6 is 0 Å². The molecule has 1 saturated heterocycles. The third-order valence-corrected chi connectivity index (χ3v) is 3.38. The maximum absolute atomic E-state index is 11.0. The number of ether oxygens (including phenoxy) is 1. The van der Waals surface area contributed by atoms with E-state index in [0.717, 1.165) is 19.1 Å². The average Bonchev–Trinajstić information content (AvgIpc) is 2.73. The normalized spacial score (nSPS) is 22.1. The molecule has 0 aliphatic carbocycles. The monoisotopic (exact) mass is 242 g/mol. The molecule has 0 bridgehead atoms. The van der Waals surface area contributed by atoms with Crippen molar-refractivity contribution in [3.63, 3.8) is 0 Å². The van der Waals surface area contributed by atoms with Gasteiger partial charge < -0.3 is 19.7 Å². The molecule has 5 nitrogen and oxygen atoms in total. The summed E-state index contributed by atoms with van der Waals surface area (Å²) in [6.45, 7) is 1.17. The van der Waals surface area contributed by atoms with E-state index in [1.54, 1.807) is 0 Å². The van der Waals surface area contributed by atoms with E-state index in [1.165, 1.54) is 26.5 Å². The predicted molar refractivity (Wildman–Crippen MR) is 64.9 cm³/mol. The van der Waals surface area contributed by atoms with Crippen molar-refractivity contribution >= 4 is 12.4 Å². The second-order valence-corrected chi connectivity index (χ2v) is 4.59. The van der Waals surface area contributed by atoms with Crippen LogP contribution in [-0.4, -0.2) is 50.1 Å². The molecular weight excluding hydrogens is 220 g/mol. The topological polar surface area (TPSA) is 58.6 Å². The summed E-state index contributed by atoms with van der Waals surface area (Å²) in [6, 6.07) is 0.217. The number of alkyl carbamates (subject to hydrolysis) is 1. The number of nitrogens with zero attached hydrogens (tertiary/aromatic N) is 1. The predicted octanol–water partition coefficient (Wildman–Crippen LogP) is 1.17. The maximum atomic E-state index is 11.0. The lowest BCUT2D eigenvalue weighted by Gasteiger charge is -2.20. The zero-order chi connectivity index (χ0) is 12.7. The summed E-state index contributed by atoms with van der Waals surface area (Å²) in [5.41, 5.74) is 0. The van der Waals surface area contributed by atoms with E-state index in [0.29, 0.717) is 12.5 Å². The van der Waals surface area contributed by atoms with Crippen LogP contribution in [0.5, 0.6) is 0 Å². The fraction of sp³-hybridized carbons (Fsp3) is 0.833. The number of carbonyl (C=O) groups is 2. The molecule has 1 N–H and O–H groups in total. The van der Waals surface area contributed by atoms with E-state index in [1.807, 2.05) is 0 Å². The summed E-state index contributed by atoms with van der Waals surface area (Å²) >= 11 is 0. The first-order valence-corrected chi connectivity index (χ1v) is 6.17. The van der Waals surface area contributed by atoms with Crippen molar-refractivity contribution in [2.75, 3.05) is 20.7 Å². The van der Waals surface area contributed by atoms with E-state index in [4.69, 9.17) is 0 Å². The SMILES string of the molecule is COC(=O)NC(C=O)CCC[C@H]1CCCN1C. The van der Waals surface area contributed by atoms with Gasteiger partial charge in [0.05, 0.1) is 13.2 Å². The number of methoxy groups -OCH3 is 1. The molecule has 98 valence electrons. The first-order valence-electron chi connectivity index (χ1n) is 6.17. The van der Waals surface area contributed by atoms with E-state index < -0.39 is 12.1 Å². The fourth-order valence-corrected chi connectivity index (χ4v) is 2.30. The molecular formula is C12H22N2O3. The second-order valence-electron chi connectivity index (χ2n) is 4.59. The van der Waals surface area contributed by atoms with Crippen LogP contribution in [0.1, 0.15) is 32.1 Å². The Morgan fingerprint density at radius 2 is 2.41 bits per heavy atom. The fourth-order valence-electron chi connectivity index (χ4n) is 2.30. The second kappa shape index (κ2) is 7.27. The van der Waals surface area contributed by atoms with Crippen LogP contribution in [0.25, 0.3) is 0 Å². The number of carbonyl (C=O) groups excluding carboxylic acids is 2. The van der Waals surface area contributed by atoms with Crippen LogP contribution in [-0.2, 0) is 9.53 Å². The van der Waals surface area contributed by atoms with Gasteiger partial charge in [0.15, 0.2) is 0 Å². The Labute approximate surface area is 102 Å². The van der Waals surface area contributed by atoms with Gasteiger partial charge in [-0.05, 0) is 45.7 Å². The highest BCUT2D eigenvalue weighted by atomic mass is 16.5. The van der Waals surface area contributed by atoms with E-state index in [-0.39, 0.29) is 0 Å². The van der Waals surface area contributed by atoms with Crippen LogP contribution in [0.15, 0.2) is 0 Å². The first-order chi connectivity index (χ1) is 8.17. The summed E-state index contributed by atoms with van der Waals surface area (Å²) in [6.07, 6.45) is 5.45. The third kappa shape index (κ3) is 4.73. The first kappa shape index (κ1) is 14.0. The molecule has 1 aliphatic rings. The van der Waals surface area contributed by atoms with Gasteiger partial charge >= 0.3 is 6.09 Å². The smallest absolute Gasteiger partial charge is 0.407 e. The van der Waals surface area contributed by atoms with Gasteiger partial charge in [-0.1, -0.05) is 0 Å². The molecule has 17 heavy (non-hydrogen) atoms. The molecule has 0 aromatic rings. The quantitative estimate of drug-likeness (QED) is 0.710. The largest absolute Gasteiger partial charge is 0.453 e. The lowest BCUT2D eigenvalue weighted by Crippen LogP contribution is -2.36. The van der Waals surface area contributed by atoms with Gasteiger partial charge in [-0.15, -0.1) is 0 Å². The molecule has 1 aliphatic heterocycles. The molecule has 0 aromatic carbocycles. The van der Waals surface area contributed by atoms with Gasteiger partial charge in [-0.2, -0.15) is 0 Å². The number of rotatable bonds is 6. The molecule has 1 unspecified atom stereocenters. The van der Waals surface area contributed by atoms with Crippen molar-refractivity contribution in [3.05, 3.63) is 0 Å². The Morgan fingerprint density at radius 3 is 2.94 bits per heavy atom. The molecule has 1 fully saturated rings. The maximum Gasteiger partial charge on any atom is 0.407 e. The summed E-state index contributed by atoms with van der Waals surface area (Å²) in [5, 5.41) is 2.51. The molecule has 0 saturated carbocycles. The third-order valence-electron chi connectivity index (χ3n) is 3.38. The minimum Gasteiger partial charge on any atom is -0.453 e. The molecule has 0 spiro atoms. The van der Waals surface area contributed by atoms with Crippen LogP contribution in [0, 0.1) is 0 Å². The van der Waals surface area contributed by atoms with Gasteiger partial charge in [0.2, 0.25) is 0 Å². The van der Waals surface area contributed by atoms with Crippen molar-refractivity contribution in [2.45, 2.75) is 44.2 Å². The summed E-state index contributed by atoms with van der Waals surface area (Å²) in [4.78, 5) is 24.1. The Bertz CT molecular complexity index is 258. The minimum absolute atomic E-state index is 0.422. The average molecular weight is 242 g/mol. The molecule has 1 amide bonds. The van der Waals surface area contributed by atoms with Gasteiger partial charge in [0.25, 0.3) is 0 Å². The number of aldehydes is 1.